The van der Waals surface area contributed by atoms with Crippen molar-refractivity contribution in [1.82, 2.24) is 0 Å². The average Bonchev–Trinajstić information content (AvgIpc) is 3.05. The SMILES string of the molecule is C/C=C\C(C(=O)c1ccc(N(c2ccccc2)c2ccc(C(CCCSc3ccc(Cl)cc3)=NCC(C)=O)cc2)cc1)=C(C)C. The van der Waals surface area contributed by atoms with Gasteiger partial charge in [-0.3, -0.25) is 14.6 Å². The number of para-hydroxylation sites is 1. The van der Waals surface area contributed by atoms with Gasteiger partial charge in [0.1, 0.15) is 0 Å². The summed E-state index contributed by atoms with van der Waals surface area (Å²) in [5, 5.41) is 0.734. The molecule has 230 valence electrons. The normalized spacial score (nSPS) is 11.4. The van der Waals surface area contributed by atoms with Crippen LogP contribution < -0.4 is 4.90 Å². The van der Waals surface area contributed by atoms with E-state index in [1.165, 1.54) is 4.90 Å². The molecule has 0 spiro atoms. The van der Waals surface area contributed by atoms with Gasteiger partial charge in [0.25, 0.3) is 0 Å². The lowest BCUT2D eigenvalue weighted by atomic mass is 9.99. The van der Waals surface area contributed by atoms with E-state index in [1.54, 1.807) is 18.7 Å². The molecule has 0 aliphatic heterocycles. The zero-order valence-corrected chi connectivity index (χ0v) is 27.9. The standard InChI is InChI=1S/C39H39ClN2O2S/c1-5-10-37(28(2)3)39(44)31-16-22-35(23-17-31)42(33-11-7-6-8-12-33)34-20-14-30(15-21-34)38(41-27-29(4)43)13-9-26-45-36-24-18-32(40)19-25-36/h5-8,10-12,14-25H,9,13,26-27H2,1-4H3/b10-5-,41-38?. The second-order valence-corrected chi connectivity index (χ2v) is 12.5. The molecule has 0 amide bonds. The molecule has 0 saturated heterocycles. The van der Waals surface area contributed by atoms with Gasteiger partial charge in [0.15, 0.2) is 11.6 Å². The van der Waals surface area contributed by atoms with E-state index in [0.717, 1.165) is 57.5 Å². The van der Waals surface area contributed by atoms with Gasteiger partial charge in [0, 0.05) is 43.8 Å². The van der Waals surface area contributed by atoms with Crippen LogP contribution in [0.1, 0.15) is 56.5 Å². The van der Waals surface area contributed by atoms with Crippen molar-refractivity contribution >= 4 is 57.7 Å². The molecule has 0 aromatic heterocycles. The molecule has 4 aromatic rings. The second kappa shape index (κ2) is 16.8. The monoisotopic (exact) mass is 634 g/mol. The molecule has 6 heteroatoms. The van der Waals surface area contributed by atoms with Crippen molar-refractivity contribution in [2.75, 3.05) is 17.2 Å². The summed E-state index contributed by atoms with van der Waals surface area (Å²) in [6, 6.07) is 34.1. The van der Waals surface area contributed by atoms with Crippen molar-refractivity contribution in [2.24, 2.45) is 4.99 Å². The molecule has 0 N–H and O–H groups in total. The molecular formula is C39H39ClN2O2S. The zero-order valence-electron chi connectivity index (χ0n) is 26.3. The van der Waals surface area contributed by atoms with Crippen LogP contribution in [-0.2, 0) is 4.79 Å². The maximum atomic E-state index is 13.2. The van der Waals surface area contributed by atoms with E-state index in [4.69, 9.17) is 16.6 Å². The predicted molar refractivity (Wildman–Crippen MR) is 192 cm³/mol. The topological polar surface area (TPSA) is 49.7 Å². The van der Waals surface area contributed by atoms with Crippen LogP contribution in [0.2, 0.25) is 5.02 Å². The summed E-state index contributed by atoms with van der Waals surface area (Å²) < 4.78 is 0. The molecule has 0 aliphatic rings. The molecule has 0 fully saturated rings. The van der Waals surface area contributed by atoms with E-state index < -0.39 is 0 Å². The van der Waals surface area contributed by atoms with Crippen molar-refractivity contribution in [2.45, 2.75) is 45.4 Å². The van der Waals surface area contributed by atoms with Gasteiger partial charge in [-0.1, -0.05) is 59.7 Å². The van der Waals surface area contributed by atoms with E-state index in [1.807, 2.05) is 99.7 Å². The van der Waals surface area contributed by atoms with Crippen LogP contribution in [0.4, 0.5) is 17.1 Å². The molecular weight excluding hydrogens is 596 g/mol. The Labute approximate surface area is 276 Å². The molecule has 4 rings (SSSR count). The van der Waals surface area contributed by atoms with Crippen molar-refractivity contribution in [3.8, 4) is 0 Å². The van der Waals surface area contributed by atoms with Crippen molar-refractivity contribution < 1.29 is 9.59 Å². The van der Waals surface area contributed by atoms with Crippen LogP contribution in [-0.4, -0.2) is 29.6 Å². The third-order valence-corrected chi connectivity index (χ3v) is 8.46. The number of hydrogen-bond acceptors (Lipinski definition) is 5. The van der Waals surface area contributed by atoms with Crippen LogP contribution >= 0.6 is 23.4 Å². The van der Waals surface area contributed by atoms with E-state index in [0.29, 0.717) is 11.1 Å². The zero-order chi connectivity index (χ0) is 32.2. The Morgan fingerprint density at radius 2 is 1.36 bits per heavy atom. The highest BCUT2D eigenvalue weighted by Gasteiger charge is 2.16. The third kappa shape index (κ3) is 9.65. The highest BCUT2D eigenvalue weighted by molar-refractivity contribution is 7.99. The molecule has 0 atom stereocenters. The van der Waals surface area contributed by atoms with E-state index in [-0.39, 0.29) is 18.1 Å². The number of Topliss-reactive ketones (excluding diaryl/α,β-unsaturated/α-hetero) is 2. The second-order valence-electron chi connectivity index (χ2n) is 10.9. The van der Waals surface area contributed by atoms with Crippen molar-refractivity contribution in [3.05, 3.63) is 143 Å². The van der Waals surface area contributed by atoms with Gasteiger partial charge in [0.05, 0.1) is 6.54 Å². The number of anilines is 3. The van der Waals surface area contributed by atoms with Crippen LogP contribution in [0, 0.1) is 0 Å². The summed E-state index contributed by atoms with van der Waals surface area (Å²) in [6.07, 6.45) is 5.46. The Morgan fingerprint density at radius 1 is 0.778 bits per heavy atom. The molecule has 0 heterocycles. The molecule has 0 bridgehead atoms. The predicted octanol–water partition coefficient (Wildman–Crippen LogP) is 10.9. The number of allylic oxidation sites excluding steroid dienone is 4. The summed E-state index contributed by atoms with van der Waals surface area (Å²) in [7, 11) is 0. The summed E-state index contributed by atoms with van der Waals surface area (Å²) >= 11 is 7.80. The minimum Gasteiger partial charge on any atom is -0.311 e. The van der Waals surface area contributed by atoms with Crippen molar-refractivity contribution in [1.29, 1.82) is 0 Å². The van der Waals surface area contributed by atoms with Gasteiger partial charge >= 0.3 is 0 Å². The first kappa shape index (κ1) is 33.7. The summed E-state index contributed by atoms with van der Waals surface area (Å²) in [6.45, 7) is 7.57. The lowest BCUT2D eigenvalue weighted by Gasteiger charge is -2.26. The van der Waals surface area contributed by atoms with Gasteiger partial charge in [-0.15, -0.1) is 11.8 Å². The third-order valence-electron chi connectivity index (χ3n) is 7.11. The van der Waals surface area contributed by atoms with E-state index in [9.17, 15) is 9.59 Å². The van der Waals surface area contributed by atoms with Gasteiger partial charge < -0.3 is 4.90 Å². The Hall–Kier alpha value is -4.19. The number of aliphatic imine (C=N–C) groups is 1. The fourth-order valence-corrected chi connectivity index (χ4v) is 5.84. The number of thioether (sulfide) groups is 1. The highest BCUT2D eigenvalue weighted by Crippen LogP contribution is 2.35. The van der Waals surface area contributed by atoms with Crippen LogP contribution in [0.5, 0.6) is 0 Å². The fraction of sp³-hybridized carbons (Fsp3) is 0.205. The molecule has 0 radical (unpaired) electrons. The minimum absolute atomic E-state index is 0.0132. The average molecular weight is 635 g/mol. The summed E-state index contributed by atoms with van der Waals surface area (Å²) in [4.78, 5) is 33.0. The smallest absolute Gasteiger partial charge is 0.192 e. The van der Waals surface area contributed by atoms with Gasteiger partial charge in [-0.05, 0) is 125 Å². The van der Waals surface area contributed by atoms with E-state index >= 15 is 0 Å². The summed E-state index contributed by atoms with van der Waals surface area (Å²) in [5.41, 5.74) is 7.21. The maximum Gasteiger partial charge on any atom is 0.192 e. The molecule has 0 aliphatic carbocycles. The Morgan fingerprint density at radius 3 is 1.91 bits per heavy atom. The Bertz CT molecular complexity index is 1670. The molecule has 45 heavy (non-hydrogen) atoms. The number of nitrogens with zero attached hydrogens (tertiary/aromatic N) is 2. The van der Waals surface area contributed by atoms with Crippen molar-refractivity contribution in [3.63, 3.8) is 0 Å². The Kier molecular flexibility index (Phi) is 12.6. The molecule has 4 aromatic carbocycles. The number of ketones is 2. The first-order valence-electron chi connectivity index (χ1n) is 15.1. The van der Waals surface area contributed by atoms with E-state index in [2.05, 4.69) is 41.3 Å². The number of carbonyl (C=O) groups is 2. The number of halogens is 1. The molecule has 0 unspecified atom stereocenters. The quantitative estimate of drug-likeness (QED) is 0.0346. The Balaban J connectivity index is 1.57. The molecule has 4 nitrogen and oxygen atoms in total. The first-order valence-corrected chi connectivity index (χ1v) is 16.4. The largest absolute Gasteiger partial charge is 0.311 e. The maximum absolute atomic E-state index is 13.2. The number of carbonyl (C=O) groups excluding carboxylic acids is 2. The fourth-order valence-electron chi connectivity index (χ4n) is 4.86. The van der Waals surface area contributed by atoms with Gasteiger partial charge in [-0.2, -0.15) is 0 Å². The van der Waals surface area contributed by atoms with Gasteiger partial charge in [0.2, 0.25) is 0 Å². The summed E-state index contributed by atoms with van der Waals surface area (Å²) in [5.74, 6) is 0.988. The van der Waals surface area contributed by atoms with Crippen LogP contribution in [0.15, 0.2) is 136 Å². The van der Waals surface area contributed by atoms with Crippen LogP contribution in [0.3, 0.4) is 0 Å². The van der Waals surface area contributed by atoms with Crippen LogP contribution in [0.25, 0.3) is 0 Å². The number of rotatable bonds is 14. The lowest BCUT2D eigenvalue weighted by molar-refractivity contribution is -0.115. The number of benzene rings is 4. The minimum atomic E-state index is 0.0132. The highest BCUT2D eigenvalue weighted by atomic mass is 35.5. The first-order chi connectivity index (χ1) is 21.8. The number of hydrogen-bond donors (Lipinski definition) is 0. The van der Waals surface area contributed by atoms with Gasteiger partial charge in [-0.25, -0.2) is 0 Å². The molecule has 0 saturated carbocycles. The lowest BCUT2D eigenvalue weighted by Crippen LogP contribution is -2.11.